The Morgan fingerprint density at radius 1 is 1.33 bits per heavy atom. The molecule has 0 radical (unpaired) electrons. The number of hydrogen-bond donors (Lipinski definition) is 1. The summed E-state index contributed by atoms with van der Waals surface area (Å²) in [7, 11) is 0. The van der Waals surface area contributed by atoms with Crippen LogP contribution in [0.4, 0.5) is 11.6 Å². The summed E-state index contributed by atoms with van der Waals surface area (Å²) in [6.07, 6.45) is 5.10. The lowest BCUT2D eigenvalue weighted by atomic mass is 10.00. The smallest absolute Gasteiger partial charge is 0.134 e. The molecule has 1 aromatic rings. The van der Waals surface area contributed by atoms with Crippen molar-refractivity contribution in [2.75, 3.05) is 23.3 Å². The Bertz CT molecular complexity index is 391. The predicted molar refractivity (Wildman–Crippen MR) is 76.2 cm³/mol. The van der Waals surface area contributed by atoms with Gasteiger partial charge in [-0.25, -0.2) is 9.97 Å². The zero-order chi connectivity index (χ0) is 13.0. The summed E-state index contributed by atoms with van der Waals surface area (Å²) in [6.45, 7) is 8.35. The van der Waals surface area contributed by atoms with Crippen LogP contribution in [-0.2, 0) is 0 Å². The van der Waals surface area contributed by atoms with Crippen molar-refractivity contribution in [3.05, 3.63) is 11.9 Å². The Balaban J connectivity index is 2.24. The van der Waals surface area contributed by atoms with Crippen molar-refractivity contribution in [3.63, 3.8) is 0 Å². The Hall–Kier alpha value is -1.32. The highest BCUT2D eigenvalue weighted by Gasteiger charge is 2.22. The summed E-state index contributed by atoms with van der Waals surface area (Å²) in [6, 6.07) is 2.73. The predicted octanol–water partition coefficient (Wildman–Crippen LogP) is 2.99. The molecular formula is C14H24N4. The standard InChI is InChI=1S/C14H24N4/c1-4-12-8-6-7-9-18(12)14-10-13(15-5-2)16-11(3)17-14/h10,12H,4-9H2,1-3H3,(H,15,16,17). The van der Waals surface area contributed by atoms with Gasteiger partial charge < -0.3 is 10.2 Å². The van der Waals surface area contributed by atoms with Gasteiger partial charge >= 0.3 is 0 Å². The molecule has 1 fully saturated rings. The number of hydrogen-bond acceptors (Lipinski definition) is 4. The van der Waals surface area contributed by atoms with Crippen molar-refractivity contribution >= 4 is 11.6 Å². The van der Waals surface area contributed by atoms with Gasteiger partial charge in [-0.05, 0) is 39.5 Å². The van der Waals surface area contributed by atoms with E-state index in [1.54, 1.807) is 0 Å². The van der Waals surface area contributed by atoms with Crippen LogP contribution in [0.15, 0.2) is 6.07 Å². The molecule has 1 aromatic heterocycles. The molecule has 18 heavy (non-hydrogen) atoms. The molecule has 0 saturated carbocycles. The molecule has 1 atom stereocenters. The molecule has 1 unspecified atom stereocenters. The first kappa shape index (κ1) is 13.1. The van der Waals surface area contributed by atoms with E-state index in [9.17, 15) is 0 Å². The molecule has 0 aliphatic carbocycles. The summed E-state index contributed by atoms with van der Waals surface area (Å²) < 4.78 is 0. The molecule has 4 nitrogen and oxygen atoms in total. The van der Waals surface area contributed by atoms with Gasteiger partial charge in [0.2, 0.25) is 0 Å². The number of piperidine rings is 1. The second-order valence-corrected chi connectivity index (χ2v) is 4.94. The number of nitrogens with one attached hydrogen (secondary N) is 1. The second-order valence-electron chi connectivity index (χ2n) is 4.94. The summed E-state index contributed by atoms with van der Waals surface area (Å²) in [5, 5.41) is 3.28. The summed E-state index contributed by atoms with van der Waals surface area (Å²) in [5.74, 6) is 2.88. The van der Waals surface area contributed by atoms with Gasteiger partial charge in [-0.15, -0.1) is 0 Å². The first-order valence-corrected chi connectivity index (χ1v) is 7.10. The van der Waals surface area contributed by atoms with Gasteiger partial charge in [-0.3, -0.25) is 0 Å². The van der Waals surface area contributed by atoms with Crippen LogP contribution >= 0.6 is 0 Å². The molecule has 4 heteroatoms. The van der Waals surface area contributed by atoms with Crippen molar-refractivity contribution in [3.8, 4) is 0 Å². The second kappa shape index (κ2) is 6.03. The van der Waals surface area contributed by atoms with E-state index >= 15 is 0 Å². The summed E-state index contributed by atoms with van der Waals surface area (Å²) >= 11 is 0. The van der Waals surface area contributed by atoms with Crippen LogP contribution in [0.1, 0.15) is 45.4 Å². The van der Waals surface area contributed by atoms with Crippen LogP contribution in [0.25, 0.3) is 0 Å². The molecule has 1 aliphatic rings. The van der Waals surface area contributed by atoms with Crippen molar-refractivity contribution in [1.29, 1.82) is 0 Å². The molecule has 1 N–H and O–H groups in total. The molecule has 0 spiro atoms. The van der Waals surface area contributed by atoms with E-state index in [0.717, 1.165) is 30.5 Å². The third kappa shape index (κ3) is 2.92. The molecule has 2 heterocycles. The van der Waals surface area contributed by atoms with Gasteiger partial charge in [0.1, 0.15) is 17.5 Å². The topological polar surface area (TPSA) is 41.0 Å². The third-order valence-corrected chi connectivity index (χ3v) is 3.57. The molecular weight excluding hydrogens is 224 g/mol. The number of anilines is 2. The Morgan fingerprint density at radius 3 is 2.89 bits per heavy atom. The Morgan fingerprint density at radius 2 is 2.17 bits per heavy atom. The van der Waals surface area contributed by atoms with Gasteiger partial charge in [0, 0.05) is 25.2 Å². The molecule has 2 rings (SSSR count). The highest BCUT2D eigenvalue weighted by Crippen LogP contribution is 2.26. The first-order valence-electron chi connectivity index (χ1n) is 7.10. The first-order chi connectivity index (χ1) is 8.74. The zero-order valence-electron chi connectivity index (χ0n) is 11.7. The zero-order valence-corrected chi connectivity index (χ0v) is 11.7. The van der Waals surface area contributed by atoms with E-state index in [4.69, 9.17) is 0 Å². The average Bonchev–Trinajstić information content (AvgIpc) is 2.38. The minimum absolute atomic E-state index is 0.641. The van der Waals surface area contributed by atoms with Crippen LogP contribution in [0, 0.1) is 6.92 Å². The number of aromatic nitrogens is 2. The maximum atomic E-state index is 4.61. The minimum atomic E-state index is 0.641. The normalized spacial score (nSPS) is 19.9. The van der Waals surface area contributed by atoms with Gasteiger partial charge in [0.25, 0.3) is 0 Å². The largest absolute Gasteiger partial charge is 0.370 e. The van der Waals surface area contributed by atoms with E-state index in [0.29, 0.717) is 6.04 Å². The van der Waals surface area contributed by atoms with Crippen LogP contribution in [0.5, 0.6) is 0 Å². The van der Waals surface area contributed by atoms with Gasteiger partial charge in [-0.1, -0.05) is 6.92 Å². The molecule has 0 aromatic carbocycles. The van der Waals surface area contributed by atoms with E-state index in [1.807, 2.05) is 6.92 Å². The molecule has 1 saturated heterocycles. The lowest BCUT2D eigenvalue weighted by molar-refractivity contribution is 0.446. The van der Waals surface area contributed by atoms with E-state index < -0.39 is 0 Å². The van der Waals surface area contributed by atoms with Crippen LogP contribution in [-0.4, -0.2) is 29.1 Å². The molecule has 0 amide bonds. The van der Waals surface area contributed by atoms with Crippen molar-refractivity contribution in [2.45, 2.75) is 52.5 Å². The lowest BCUT2D eigenvalue weighted by Crippen LogP contribution is -2.39. The lowest BCUT2D eigenvalue weighted by Gasteiger charge is -2.36. The van der Waals surface area contributed by atoms with E-state index in [1.165, 1.54) is 25.7 Å². The van der Waals surface area contributed by atoms with Gasteiger partial charge in [0.05, 0.1) is 0 Å². The quantitative estimate of drug-likeness (QED) is 0.889. The monoisotopic (exact) mass is 248 g/mol. The number of nitrogens with zero attached hydrogens (tertiary/aromatic N) is 3. The minimum Gasteiger partial charge on any atom is -0.370 e. The molecule has 0 bridgehead atoms. The van der Waals surface area contributed by atoms with Crippen LogP contribution < -0.4 is 10.2 Å². The van der Waals surface area contributed by atoms with E-state index in [-0.39, 0.29) is 0 Å². The Labute approximate surface area is 110 Å². The van der Waals surface area contributed by atoms with Crippen molar-refractivity contribution in [1.82, 2.24) is 9.97 Å². The highest BCUT2D eigenvalue weighted by molar-refractivity contribution is 5.50. The maximum Gasteiger partial charge on any atom is 0.134 e. The average molecular weight is 248 g/mol. The Kier molecular flexibility index (Phi) is 4.39. The fraction of sp³-hybridized carbons (Fsp3) is 0.714. The van der Waals surface area contributed by atoms with Crippen molar-refractivity contribution in [2.24, 2.45) is 0 Å². The third-order valence-electron chi connectivity index (χ3n) is 3.57. The number of rotatable bonds is 4. The van der Waals surface area contributed by atoms with Crippen molar-refractivity contribution < 1.29 is 0 Å². The molecule has 100 valence electrons. The molecule has 1 aliphatic heterocycles. The number of aryl methyl sites for hydroxylation is 1. The fourth-order valence-corrected chi connectivity index (χ4v) is 2.70. The fourth-order valence-electron chi connectivity index (χ4n) is 2.70. The van der Waals surface area contributed by atoms with Gasteiger partial charge in [-0.2, -0.15) is 0 Å². The van der Waals surface area contributed by atoms with Gasteiger partial charge in [0.15, 0.2) is 0 Å². The van der Waals surface area contributed by atoms with Crippen LogP contribution in [0.2, 0.25) is 0 Å². The summed E-state index contributed by atoms with van der Waals surface area (Å²) in [5.41, 5.74) is 0. The summed E-state index contributed by atoms with van der Waals surface area (Å²) in [4.78, 5) is 11.5. The highest BCUT2D eigenvalue weighted by atomic mass is 15.2. The SMILES string of the molecule is CCNc1cc(N2CCCCC2CC)nc(C)n1. The van der Waals surface area contributed by atoms with Crippen LogP contribution in [0.3, 0.4) is 0 Å². The maximum absolute atomic E-state index is 4.61. The van der Waals surface area contributed by atoms with E-state index in [2.05, 4.69) is 40.1 Å².